The van der Waals surface area contributed by atoms with E-state index in [-0.39, 0.29) is 9.90 Å². The fourth-order valence-corrected chi connectivity index (χ4v) is 4.03. The molecule has 0 aliphatic rings. The van der Waals surface area contributed by atoms with Crippen LogP contribution in [-0.2, 0) is 16.6 Å². The van der Waals surface area contributed by atoms with Crippen molar-refractivity contribution in [1.82, 2.24) is 9.78 Å². The van der Waals surface area contributed by atoms with Gasteiger partial charge in [-0.25, -0.2) is 9.18 Å². The van der Waals surface area contributed by atoms with E-state index in [2.05, 4.69) is 10.4 Å². The largest absolute Gasteiger partial charge is 0.448 e. The van der Waals surface area contributed by atoms with E-state index in [1.54, 1.807) is 18.7 Å². The molecule has 2 heterocycles. The number of hydrogen-bond acceptors (Lipinski definition) is 5. The van der Waals surface area contributed by atoms with Crippen molar-refractivity contribution in [1.29, 1.82) is 0 Å². The van der Waals surface area contributed by atoms with E-state index in [1.807, 2.05) is 6.92 Å². The number of anilines is 1. The van der Waals surface area contributed by atoms with Gasteiger partial charge in [-0.1, -0.05) is 11.6 Å². The monoisotopic (exact) mass is 409 g/mol. The van der Waals surface area contributed by atoms with E-state index < -0.39 is 23.8 Å². The molecule has 6 nitrogen and oxygen atoms in total. The minimum Gasteiger partial charge on any atom is -0.448 e. The van der Waals surface area contributed by atoms with Crippen molar-refractivity contribution in [3.8, 4) is 0 Å². The van der Waals surface area contributed by atoms with Crippen molar-refractivity contribution in [3.05, 3.63) is 45.3 Å². The lowest BCUT2D eigenvalue weighted by molar-refractivity contribution is -0.123. The Kier molecular flexibility index (Phi) is 5.21. The Hall–Kier alpha value is -2.45. The average Bonchev–Trinajstić information content (AvgIpc) is 3.05. The van der Waals surface area contributed by atoms with Crippen LogP contribution in [-0.4, -0.2) is 27.8 Å². The van der Waals surface area contributed by atoms with Gasteiger partial charge in [0.15, 0.2) is 6.10 Å². The van der Waals surface area contributed by atoms with E-state index in [1.165, 1.54) is 25.1 Å². The number of thiophene rings is 1. The van der Waals surface area contributed by atoms with Crippen LogP contribution in [0.2, 0.25) is 5.02 Å². The lowest BCUT2D eigenvalue weighted by atomic mass is 10.2. The van der Waals surface area contributed by atoms with Crippen LogP contribution >= 0.6 is 22.9 Å². The van der Waals surface area contributed by atoms with Gasteiger partial charge in [-0.2, -0.15) is 5.10 Å². The molecule has 0 radical (unpaired) electrons. The first kappa shape index (κ1) is 19.3. The Labute approximate surface area is 163 Å². The van der Waals surface area contributed by atoms with Crippen LogP contribution in [0, 0.1) is 19.7 Å². The number of nitrogens with zero attached hydrogens (tertiary/aromatic N) is 2. The van der Waals surface area contributed by atoms with Gasteiger partial charge in [0.1, 0.15) is 10.7 Å². The first-order chi connectivity index (χ1) is 12.7. The lowest BCUT2D eigenvalue weighted by Crippen LogP contribution is -2.30. The van der Waals surface area contributed by atoms with Crippen LogP contribution in [0.5, 0.6) is 0 Å². The fraction of sp³-hybridized carbons (Fsp3) is 0.278. The molecule has 0 bridgehead atoms. The number of carbonyl (C=O) groups excluding carboxylic acids is 2. The summed E-state index contributed by atoms with van der Waals surface area (Å²) in [5.74, 6) is -1.63. The van der Waals surface area contributed by atoms with Gasteiger partial charge in [0.25, 0.3) is 5.91 Å². The molecule has 0 aliphatic heterocycles. The minimum atomic E-state index is -1.05. The number of hydrogen-bond donors (Lipinski definition) is 1. The van der Waals surface area contributed by atoms with E-state index in [0.717, 1.165) is 17.0 Å². The summed E-state index contributed by atoms with van der Waals surface area (Å²) < 4.78 is 20.8. The number of rotatable bonds is 4. The third-order valence-corrected chi connectivity index (χ3v) is 5.82. The number of halogens is 2. The van der Waals surface area contributed by atoms with Gasteiger partial charge < -0.3 is 10.1 Å². The smallest absolute Gasteiger partial charge is 0.350 e. The normalized spacial score (nSPS) is 12.2. The number of nitrogens with one attached hydrogen (secondary N) is 1. The number of amides is 1. The standard InChI is InChI=1S/C18H17ClFN3O3S/c1-8-15(9(2)23(4)22-8)21-17(24)10(3)26-18(25)16-14(19)12-6-5-11(20)7-13(12)27-16/h5-7,10H,1-4H3,(H,21,24)/t10-/m1/s1. The molecule has 3 rings (SSSR count). The first-order valence-electron chi connectivity index (χ1n) is 8.08. The predicted molar refractivity (Wildman–Crippen MR) is 103 cm³/mol. The fourth-order valence-electron chi connectivity index (χ4n) is 2.62. The van der Waals surface area contributed by atoms with Crippen molar-refractivity contribution < 1.29 is 18.7 Å². The second-order valence-electron chi connectivity index (χ2n) is 6.09. The van der Waals surface area contributed by atoms with Crippen LogP contribution in [0.15, 0.2) is 18.2 Å². The highest BCUT2D eigenvalue weighted by atomic mass is 35.5. The maximum absolute atomic E-state index is 13.4. The Morgan fingerprint density at radius 3 is 2.70 bits per heavy atom. The third-order valence-electron chi connectivity index (χ3n) is 4.19. The molecule has 3 aromatic rings. The molecule has 1 atom stereocenters. The van der Waals surface area contributed by atoms with Crippen molar-refractivity contribution >= 4 is 50.6 Å². The molecular weight excluding hydrogens is 393 g/mol. The van der Waals surface area contributed by atoms with Gasteiger partial charge in [0.05, 0.1) is 22.1 Å². The summed E-state index contributed by atoms with van der Waals surface area (Å²) in [7, 11) is 1.77. The van der Waals surface area contributed by atoms with Crippen molar-refractivity contribution in [2.75, 3.05) is 5.32 Å². The summed E-state index contributed by atoms with van der Waals surface area (Å²) in [6.07, 6.45) is -1.05. The Morgan fingerprint density at radius 1 is 1.37 bits per heavy atom. The lowest BCUT2D eigenvalue weighted by Gasteiger charge is -2.13. The molecule has 1 aromatic carbocycles. The maximum atomic E-state index is 13.4. The molecule has 0 fully saturated rings. The zero-order chi connectivity index (χ0) is 19.9. The second kappa shape index (κ2) is 7.28. The van der Waals surface area contributed by atoms with Crippen LogP contribution < -0.4 is 5.32 Å². The SMILES string of the molecule is Cc1nn(C)c(C)c1NC(=O)[C@@H](C)OC(=O)c1sc2cc(F)ccc2c1Cl. The molecule has 142 valence electrons. The predicted octanol–water partition coefficient (Wildman–Crippen LogP) is 4.23. The van der Waals surface area contributed by atoms with Gasteiger partial charge in [0.2, 0.25) is 0 Å². The number of ether oxygens (including phenoxy) is 1. The van der Waals surface area contributed by atoms with Gasteiger partial charge >= 0.3 is 5.97 Å². The Balaban J connectivity index is 1.75. The van der Waals surface area contributed by atoms with Crippen molar-refractivity contribution in [3.63, 3.8) is 0 Å². The molecule has 0 saturated carbocycles. The molecule has 9 heteroatoms. The molecule has 0 saturated heterocycles. The van der Waals surface area contributed by atoms with Crippen molar-refractivity contribution in [2.24, 2.45) is 7.05 Å². The van der Waals surface area contributed by atoms with Crippen LogP contribution in [0.3, 0.4) is 0 Å². The highest BCUT2D eigenvalue weighted by molar-refractivity contribution is 7.21. The van der Waals surface area contributed by atoms with Gasteiger partial charge in [-0.15, -0.1) is 11.3 Å². The molecule has 27 heavy (non-hydrogen) atoms. The molecule has 0 spiro atoms. The summed E-state index contributed by atoms with van der Waals surface area (Å²) in [6.45, 7) is 5.06. The van der Waals surface area contributed by atoms with Crippen LogP contribution in [0.1, 0.15) is 28.0 Å². The Morgan fingerprint density at radius 2 is 2.07 bits per heavy atom. The summed E-state index contributed by atoms with van der Waals surface area (Å²) in [6, 6.07) is 4.07. The topological polar surface area (TPSA) is 73.2 Å². The van der Waals surface area contributed by atoms with Crippen molar-refractivity contribution in [2.45, 2.75) is 26.9 Å². The number of benzene rings is 1. The van der Waals surface area contributed by atoms with E-state index in [0.29, 0.717) is 21.5 Å². The van der Waals surface area contributed by atoms with E-state index >= 15 is 0 Å². The summed E-state index contributed by atoms with van der Waals surface area (Å²) >= 11 is 7.24. The molecule has 0 aliphatic carbocycles. The molecular formula is C18H17ClFN3O3S. The van der Waals surface area contributed by atoms with E-state index in [4.69, 9.17) is 16.3 Å². The minimum absolute atomic E-state index is 0.130. The van der Waals surface area contributed by atoms with Crippen LogP contribution in [0.4, 0.5) is 10.1 Å². The molecule has 1 amide bonds. The zero-order valence-corrected chi connectivity index (χ0v) is 16.7. The van der Waals surface area contributed by atoms with E-state index in [9.17, 15) is 14.0 Å². The summed E-state index contributed by atoms with van der Waals surface area (Å²) in [5.41, 5.74) is 2.03. The number of aromatic nitrogens is 2. The third kappa shape index (κ3) is 3.68. The number of carbonyl (C=O) groups is 2. The van der Waals surface area contributed by atoms with Gasteiger partial charge in [-0.05, 0) is 39.0 Å². The number of esters is 1. The Bertz CT molecular complexity index is 1060. The summed E-state index contributed by atoms with van der Waals surface area (Å²) in [5, 5.41) is 7.70. The highest BCUT2D eigenvalue weighted by Crippen LogP contribution is 2.36. The highest BCUT2D eigenvalue weighted by Gasteiger charge is 2.25. The zero-order valence-electron chi connectivity index (χ0n) is 15.1. The second-order valence-corrected chi connectivity index (χ2v) is 7.52. The number of fused-ring (bicyclic) bond motifs is 1. The van der Waals surface area contributed by atoms with Gasteiger partial charge in [-0.3, -0.25) is 9.48 Å². The van der Waals surface area contributed by atoms with Crippen LogP contribution in [0.25, 0.3) is 10.1 Å². The summed E-state index contributed by atoms with van der Waals surface area (Å²) in [4.78, 5) is 25.0. The van der Waals surface area contributed by atoms with Gasteiger partial charge in [0, 0.05) is 17.1 Å². The quantitative estimate of drug-likeness (QED) is 0.654. The first-order valence-corrected chi connectivity index (χ1v) is 9.28. The maximum Gasteiger partial charge on any atom is 0.350 e. The average molecular weight is 410 g/mol. The molecule has 1 N–H and O–H groups in total. The molecule has 0 unspecified atom stereocenters. The number of aryl methyl sites for hydroxylation is 2. The molecule has 2 aromatic heterocycles.